The van der Waals surface area contributed by atoms with Gasteiger partial charge < -0.3 is 89.9 Å². The molecule has 0 radical (unpaired) electrons. The first-order valence-electron chi connectivity index (χ1n) is 48.7. The Kier molecular flexibility index (Phi) is 70.6. The Labute approximate surface area is 701 Å². The van der Waals surface area contributed by atoms with Crippen molar-refractivity contribution in [3.63, 3.8) is 0 Å². The Morgan fingerprint density at radius 1 is 0.304 bits per heavy atom. The second-order valence-corrected chi connectivity index (χ2v) is 34.9. The topological polar surface area (TPSA) is 307 Å². The summed E-state index contributed by atoms with van der Waals surface area (Å²) in [6.07, 6.45) is 72.0. The largest absolute Gasteiger partial charge is 0.394 e. The smallest absolute Gasteiger partial charge is 0.220 e. The fourth-order valence-corrected chi connectivity index (χ4v) is 16.7. The van der Waals surface area contributed by atoms with Crippen molar-refractivity contribution in [2.24, 2.45) is 0 Å². The molecule has 17 atom stereocenters. The Hall–Kier alpha value is -1.99. The van der Waals surface area contributed by atoms with E-state index in [2.05, 4.69) is 43.5 Å². The number of amides is 1. The van der Waals surface area contributed by atoms with Crippen LogP contribution in [0.1, 0.15) is 438 Å². The van der Waals surface area contributed by atoms with Gasteiger partial charge in [0.05, 0.1) is 38.6 Å². The van der Waals surface area contributed by atoms with Crippen LogP contribution in [0, 0.1) is 0 Å². The van der Waals surface area contributed by atoms with Crippen LogP contribution >= 0.6 is 0 Å². The van der Waals surface area contributed by atoms with Crippen molar-refractivity contribution in [2.75, 3.05) is 26.4 Å². The molecule has 3 rings (SSSR count). The summed E-state index contributed by atoms with van der Waals surface area (Å²) in [5.74, 6) is -0.280. The van der Waals surface area contributed by atoms with E-state index in [1.807, 2.05) is 6.08 Å². The lowest BCUT2D eigenvalue weighted by atomic mass is 9.96. The highest BCUT2D eigenvalue weighted by Crippen LogP contribution is 2.34. The number of nitrogens with one attached hydrogen (secondary N) is 1. The van der Waals surface area contributed by atoms with Gasteiger partial charge in [0.2, 0.25) is 5.91 Å². The minimum Gasteiger partial charge on any atom is -0.394 e. The van der Waals surface area contributed by atoms with Crippen LogP contribution in [0.15, 0.2) is 36.5 Å². The van der Waals surface area contributed by atoms with E-state index in [4.69, 9.17) is 28.4 Å². The predicted octanol–water partition coefficient (Wildman–Crippen LogP) is 19.8. The standard InChI is InChI=1S/C96H181NO18/c1-3-5-7-9-11-13-15-17-19-21-23-25-27-29-31-33-35-36-37-38-39-40-41-42-43-44-46-48-50-52-54-56-58-60-62-64-66-68-70-72-74-84(102)97-79(80(101)73-71-69-67-65-63-61-59-57-55-53-51-49-47-45-34-32-30-28-26-24-22-20-18-16-14-12-10-8-6-4-2)78-110-94-90(108)87(105)92(82(76-99)112-94)115-96-91(109)88(106)93(83(77-100)113-96)114-95-89(107)86(104)85(103)81(75-98)111-95/h55,57,63,65,71,73,79-83,85-96,98-101,103-109H,3-54,56,58-62,64,66-70,72,74-78H2,1-2H3,(H,97,102)/b57-55+,65-63+,73-71+. The molecule has 0 saturated carbocycles. The minimum absolute atomic E-state index is 0.237. The molecule has 0 bridgehead atoms. The molecule has 3 fully saturated rings. The monoisotopic (exact) mass is 1640 g/mol. The summed E-state index contributed by atoms with van der Waals surface area (Å²) in [6, 6.07) is -0.998. The molecule has 3 heterocycles. The Balaban J connectivity index is 1.30. The molecule has 0 aromatic heterocycles. The summed E-state index contributed by atoms with van der Waals surface area (Å²) >= 11 is 0. The minimum atomic E-state index is -1.98. The highest BCUT2D eigenvalue weighted by atomic mass is 16.8. The third-order valence-electron chi connectivity index (χ3n) is 24.4. The van der Waals surface area contributed by atoms with Crippen molar-refractivity contribution >= 4 is 5.91 Å². The molecule has 115 heavy (non-hydrogen) atoms. The maximum Gasteiger partial charge on any atom is 0.220 e. The van der Waals surface area contributed by atoms with E-state index in [0.717, 1.165) is 44.9 Å². The van der Waals surface area contributed by atoms with Gasteiger partial charge in [-0.25, -0.2) is 0 Å². The number of aliphatic hydroxyl groups excluding tert-OH is 11. The number of hydrogen-bond acceptors (Lipinski definition) is 18. The third kappa shape index (κ3) is 53.6. The van der Waals surface area contributed by atoms with Gasteiger partial charge in [-0.2, -0.15) is 0 Å². The van der Waals surface area contributed by atoms with Crippen molar-refractivity contribution in [1.29, 1.82) is 0 Å². The lowest BCUT2D eigenvalue weighted by Crippen LogP contribution is -2.66. The zero-order valence-electron chi connectivity index (χ0n) is 73.6. The molecule has 678 valence electrons. The van der Waals surface area contributed by atoms with Gasteiger partial charge in [-0.05, 0) is 44.9 Å². The first-order chi connectivity index (χ1) is 56.3. The van der Waals surface area contributed by atoms with E-state index in [0.29, 0.717) is 12.8 Å². The Morgan fingerprint density at radius 2 is 0.557 bits per heavy atom. The van der Waals surface area contributed by atoms with Gasteiger partial charge in [-0.15, -0.1) is 0 Å². The van der Waals surface area contributed by atoms with Crippen molar-refractivity contribution in [3.8, 4) is 0 Å². The summed E-state index contributed by atoms with van der Waals surface area (Å²) in [6.45, 7) is 1.79. The van der Waals surface area contributed by atoms with Gasteiger partial charge in [0.25, 0.3) is 0 Å². The van der Waals surface area contributed by atoms with Gasteiger partial charge in [0, 0.05) is 6.42 Å². The van der Waals surface area contributed by atoms with Crippen LogP contribution in [0.3, 0.4) is 0 Å². The van der Waals surface area contributed by atoms with Crippen LogP contribution in [-0.2, 0) is 33.2 Å². The number of ether oxygens (including phenoxy) is 6. The quantitative estimate of drug-likeness (QED) is 0.0199. The Bertz CT molecular complexity index is 2210. The van der Waals surface area contributed by atoms with E-state index >= 15 is 0 Å². The van der Waals surface area contributed by atoms with E-state index in [1.54, 1.807) is 6.08 Å². The molecule has 19 heteroatoms. The molecular weight excluding hydrogens is 1460 g/mol. The number of carbonyl (C=O) groups excluding carboxylic acids is 1. The van der Waals surface area contributed by atoms with E-state index in [1.165, 1.54) is 360 Å². The fraction of sp³-hybridized carbons (Fsp3) is 0.927. The number of rotatable bonds is 81. The van der Waals surface area contributed by atoms with Crippen molar-refractivity contribution in [1.82, 2.24) is 5.32 Å². The van der Waals surface area contributed by atoms with Gasteiger partial charge in [0.15, 0.2) is 18.9 Å². The summed E-state index contributed by atoms with van der Waals surface area (Å²) in [5, 5.41) is 121. The molecule has 17 unspecified atom stereocenters. The van der Waals surface area contributed by atoms with Crippen LogP contribution in [0.5, 0.6) is 0 Å². The number of unbranched alkanes of at least 4 members (excludes halogenated alkanes) is 61. The number of carbonyl (C=O) groups is 1. The van der Waals surface area contributed by atoms with Gasteiger partial charge in [-0.3, -0.25) is 4.79 Å². The van der Waals surface area contributed by atoms with Crippen molar-refractivity contribution in [3.05, 3.63) is 36.5 Å². The predicted molar refractivity (Wildman–Crippen MR) is 466 cm³/mol. The van der Waals surface area contributed by atoms with Crippen LogP contribution in [-0.4, -0.2) is 193 Å². The van der Waals surface area contributed by atoms with Crippen LogP contribution in [0.2, 0.25) is 0 Å². The van der Waals surface area contributed by atoms with Crippen LogP contribution in [0.4, 0.5) is 0 Å². The van der Waals surface area contributed by atoms with Crippen molar-refractivity contribution in [2.45, 2.75) is 542 Å². The average molecular weight is 1640 g/mol. The molecule has 3 saturated heterocycles. The molecule has 19 nitrogen and oxygen atoms in total. The van der Waals surface area contributed by atoms with Crippen LogP contribution < -0.4 is 5.32 Å². The number of hydrogen-bond donors (Lipinski definition) is 12. The molecule has 0 spiro atoms. The number of aliphatic hydroxyl groups is 11. The lowest BCUT2D eigenvalue weighted by molar-refractivity contribution is -0.379. The molecular formula is C96H181NO18. The van der Waals surface area contributed by atoms with Crippen molar-refractivity contribution < 1.29 is 89.4 Å². The van der Waals surface area contributed by atoms with E-state index in [9.17, 15) is 61.0 Å². The molecule has 0 aliphatic carbocycles. The normalized spacial score (nSPS) is 24.7. The highest BCUT2D eigenvalue weighted by Gasteiger charge is 2.54. The molecule has 0 aromatic rings. The molecule has 0 aromatic carbocycles. The average Bonchev–Trinajstić information content (AvgIpc) is 0.778. The zero-order valence-corrected chi connectivity index (χ0v) is 73.6. The zero-order chi connectivity index (χ0) is 83.1. The van der Waals surface area contributed by atoms with Gasteiger partial charge in [-0.1, -0.05) is 423 Å². The third-order valence-corrected chi connectivity index (χ3v) is 24.4. The van der Waals surface area contributed by atoms with Crippen LogP contribution in [0.25, 0.3) is 0 Å². The first kappa shape index (κ1) is 107. The van der Waals surface area contributed by atoms with Gasteiger partial charge in [0.1, 0.15) is 73.2 Å². The molecule has 12 N–H and O–H groups in total. The fourth-order valence-electron chi connectivity index (χ4n) is 16.7. The first-order valence-corrected chi connectivity index (χ1v) is 48.7. The molecule has 3 aliphatic heterocycles. The molecule has 3 aliphatic rings. The molecule has 1 amide bonds. The number of allylic oxidation sites excluding steroid dienone is 5. The second-order valence-electron chi connectivity index (χ2n) is 34.9. The Morgan fingerprint density at radius 3 is 0.870 bits per heavy atom. The summed E-state index contributed by atoms with van der Waals surface area (Å²) in [5.41, 5.74) is 0. The lowest BCUT2D eigenvalue weighted by Gasteiger charge is -2.48. The summed E-state index contributed by atoms with van der Waals surface area (Å²) in [4.78, 5) is 13.5. The van der Waals surface area contributed by atoms with Gasteiger partial charge >= 0.3 is 0 Å². The summed E-state index contributed by atoms with van der Waals surface area (Å²) < 4.78 is 34.5. The summed E-state index contributed by atoms with van der Waals surface area (Å²) in [7, 11) is 0. The maximum absolute atomic E-state index is 13.5. The van der Waals surface area contributed by atoms with E-state index < -0.39 is 124 Å². The highest BCUT2D eigenvalue weighted by molar-refractivity contribution is 5.76. The maximum atomic E-state index is 13.5. The van der Waals surface area contributed by atoms with E-state index in [-0.39, 0.29) is 18.9 Å². The SMILES string of the molecule is CCCCCCCCCCCCCCCCCCCCCC/C=C/CC/C=C/CC/C=C/C(O)C(COC1OC(CO)C(OC2OC(CO)C(OC3OC(CO)C(O)C(O)C3O)C(O)C2O)C(O)C1O)NC(=O)CCCCCCCCCCCCCCCCCCCCCCCCCCCCCCCCCCCCCCCCCC. The second kappa shape index (κ2) is 75.7.